The van der Waals surface area contributed by atoms with Gasteiger partial charge in [0, 0.05) is 24.6 Å². The van der Waals surface area contributed by atoms with Crippen molar-refractivity contribution in [1.29, 1.82) is 0 Å². The van der Waals surface area contributed by atoms with Crippen LogP contribution < -0.4 is 0 Å². The number of hydrogen-bond acceptors (Lipinski definition) is 1. The van der Waals surface area contributed by atoms with Gasteiger partial charge in [0.15, 0.2) is 0 Å². The fraction of sp³-hybridized carbons (Fsp3) is 0.417. The molecule has 1 aliphatic carbocycles. The Bertz CT molecular complexity index is 372. The zero-order chi connectivity index (χ0) is 10.3. The van der Waals surface area contributed by atoms with Gasteiger partial charge in [-0.1, -0.05) is 38.2 Å². The summed E-state index contributed by atoms with van der Waals surface area (Å²) in [4.78, 5) is 13.4. The van der Waals surface area contributed by atoms with Gasteiger partial charge in [-0.05, 0) is 5.57 Å². The standard InChI is InChI=1S/C12H15NO/c1-12(2)6-4-9-8-13(3)11(14)10(9)5-7-12/h4-7H,8H2,1-3H3. The first kappa shape index (κ1) is 9.25. The normalized spacial score (nSPS) is 24.2. The molecule has 0 fully saturated rings. The highest BCUT2D eigenvalue weighted by molar-refractivity contribution is 6.00. The molecule has 0 aromatic rings. The Kier molecular flexibility index (Phi) is 1.88. The molecule has 0 unspecified atom stereocenters. The summed E-state index contributed by atoms with van der Waals surface area (Å²) in [6.45, 7) is 5.01. The maximum absolute atomic E-state index is 11.7. The molecular formula is C12H15NO. The number of rotatable bonds is 0. The third kappa shape index (κ3) is 1.41. The van der Waals surface area contributed by atoms with Crippen LogP contribution in [-0.4, -0.2) is 24.4 Å². The predicted molar refractivity (Wildman–Crippen MR) is 56.7 cm³/mol. The van der Waals surface area contributed by atoms with Crippen LogP contribution in [-0.2, 0) is 4.79 Å². The van der Waals surface area contributed by atoms with Gasteiger partial charge in [0.25, 0.3) is 5.91 Å². The van der Waals surface area contributed by atoms with Crippen LogP contribution in [0.1, 0.15) is 13.8 Å². The molecule has 0 spiro atoms. The predicted octanol–water partition coefficient (Wildman–Crippen LogP) is 1.91. The molecule has 0 aromatic heterocycles. The van der Waals surface area contributed by atoms with E-state index in [1.165, 1.54) is 0 Å². The zero-order valence-corrected chi connectivity index (χ0v) is 8.87. The molecule has 0 bridgehead atoms. The molecule has 74 valence electrons. The van der Waals surface area contributed by atoms with Crippen LogP contribution >= 0.6 is 0 Å². The fourth-order valence-electron chi connectivity index (χ4n) is 1.75. The van der Waals surface area contributed by atoms with Crippen molar-refractivity contribution in [2.45, 2.75) is 13.8 Å². The monoisotopic (exact) mass is 189 g/mol. The molecule has 0 radical (unpaired) electrons. The second-order valence-corrected chi connectivity index (χ2v) is 4.59. The van der Waals surface area contributed by atoms with Crippen LogP contribution in [0.3, 0.4) is 0 Å². The maximum atomic E-state index is 11.7. The molecule has 0 saturated heterocycles. The molecule has 2 rings (SSSR count). The van der Waals surface area contributed by atoms with E-state index < -0.39 is 0 Å². The first-order chi connectivity index (χ1) is 6.49. The van der Waals surface area contributed by atoms with Crippen molar-refractivity contribution >= 4 is 5.91 Å². The van der Waals surface area contributed by atoms with Gasteiger partial charge in [0.05, 0.1) is 0 Å². The van der Waals surface area contributed by atoms with Crippen LogP contribution in [0.4, 0.5) is 0 Å². The van der Waals surface area contributed by atoms with Gasteiger partial charge in [-0.15, -0.1) is 0 Å². The van der Waals surface area contributed by atoms with E-state index in [4.69, 9.17) is 0 Å². The minimum absolute atomic E-state index is 0.0587. The van der Waals surface area contributed by atoms with Crippen LogP contribution in [0.15, 0.2) is 35.5 Å². The molecule has 1 heterocycles. The zero-order valence-electron chi connectivity index (χ0n) is 8.87. The highest BCUT2D eigenvalue weighted by Gasteiger charge is 2.26. The molecule has 2 heteroatoms. The van der Waals surface area contributed by atoms with Crippen molar-refractivity contribution in [2.24, 2.45) is 5.41 Å². The molecule has 2 nitrogen and oxygen atoms in total. The van der Waals surface area contributed by atoms with Crippen molar-refractivity contribution in [3.63, 3.8) is 0 Å². The first-order valence-electron chi connectivity index (χ1n) is 4.87. The molecule has 0 atom stereocenters. The van der Waals surface area contributed by atoms with Crippen LogP contribution in [0, 0.1) is 5.41 Å². The van der Waals surface area contributed by atoms with Gasteiger partial charge >= 0.3 is 0 Å². The SMILES string of the molecule is CN1CC2=C(C=CC(C)(C)C=C2)C1=O. The van der Waals surface area contributed by atoms with E-state index in [9.17, 15) is 4.79 Å². The van der Waals surface area contributed by atoms with Crippen molar-refractivity contribution < 1.29 is 4.79 Å². The van der Waals surface area contributed by atoms with E-state index >= 15 is 0 Å². The largest absolute Gasteiger partial charge is 0.337 e. The van der Waals surface area contributed by atoms with Crippen molar-refractivity contribution in [3.05, 3.63) is 35.5 Å². The summed E-state index contributed by atoms with van der Waals surface area (Å²) < 4.78 is 0. The quantitative estimate of drug-likeness (QED) is 0.570. The molecule has 2 aliphatic rings. The summed E-state index contributed by atoms with van der Waals surface area (Å²) in [6, 6.07) is 0. The molecule has 14 heavy (non-hydrogen) atoms. The first-order valence-corrected chi connectivity index (χ1v) is 4.87. The number of likely N-dealkylation sites (N-methyl/N-ethyl adjacent to an activating group) is 1. The molecule has 0 N–H and O–H groups in total. The number of amides is 1. The molecular weight excluding hydrogens is 174 g/mol. The van der Waals surface area contributed by atoms with E-state index in [-0.39, 0.29) is 11.3 Å². The van der Waals surface area contributed by atoms with E-state index in [1.54, 1.807) is 4.90 Å². The van der Waals surface area contributed by atoms with Gasteiger partial charge < -0.3 is 4.90 Å². The Morgan fingerprint density at radius 1 is 1.29 bits per heavy atom. The summed E-state index contributed by atoms with van der Waals surface area (Å²) in [6.07, 6.45) is 8.28. The average molecular weight is 189 g/mol. The third-order valence-electron chi connectivity index (χ3n) is 2.72. The smallest absolute Gasteiger partial charge is 0.254 e. The highest BCUT2D eigenvalue weighted by Crippen LogP contribution is 2.29. The number of nitrogens with zero attached hydrogens (tertiary/aromatic N) is 1. The Hall–Kier alpha value is -1.31. The lowest BCUT2D eigenvalue weighted by Crippen LogP contribution is -2.21. The second-order valence-electron chi connectivity index (χ2n) is 4.59. The van der Waals surface area contributed by atoms with Crippen LogP contribution in [0.5, 0.6) is 0 Å². The average Bonchev–Trinajstić information content (AvgIpc) is 2.27. The van der Waals surface area contributed by atoms with Gasteiger partial charge in [-0.2, -0.15) is 0 Å². The molecule has 1 amide bonds. The summed E-state index contributed by atoms with van der Waals surface area (Å²) in [7, 11) is 1.84. The number of hydrogen-bond donors (Lipinski definition) is 0. The third-order valence-corrected chi connectivity index (χ3v) is 2.72. The van der Waals surface area contributed by atoms with E-state index in [1.807, 2.05) is 13.1 Å². The minimum atomic E-state index is 0.0587. The lowest BCUT2D eigenvalue weighted by Gasteiger charge is -2.14. The number of carbonyl (C=O) groups excluding carboxylic acids is 1. The topological polar surface area (TPSA) is 20.3 Å². The van der Waals surface area contributed by atoms with E-state index in [2.05, 4.69) is 32.1 Å². The Labute approximate surface area is 84.6 Å². The van der Waals surface area contributed by atoms with Crippen molar-refractivity contribution in [1.82, 2.24) is 4.90 Å². The molecule has 1 aliphatic heterocycles. The number of allylic oxidation sites excluding steroid dienone is 2. The lowest BCUT2D eigenvalue weighted by molar-refractivity contribution is -0.124. The molecule has 0 aromatic carbocycles. The minimum Gasteiger partial charge on any atom is -0.337 e. The molecule has 0 saturated carbocycles. The van der Waals surface area contributed by atoms with Gasteiger partial charge in [-0.3, -0.25) is 4.79 Å². The Morgan fingerprint density at radius 2 is 1.93 bits per heavy atom. The lowest BCUT2D eigenvalue weighted by atomic mass is 9.93. The van der Waals surface area contributed by atoms with E-state index in [0.717, 1.165) is 17.7 Å². The Balaban J connectivity index is 2.40. The summed E-state index contributed by atoms with van der Waals surface area (Å²) in [5.74, 6) is 0.138. The van der Waals surface area contributed by atoms with Crippen LogP contribution in [0.2, 0.25) is 0 Å². The number of carbonyl (C=O) groups is 1. The van der Waals surface area contributed by atoms with E-state index in [0.29, 0.717) is 0 Å². The second kappa shape index (κ2) is 2.84. The van der Waals surface area contributed by atoms with Gasteiger partial charge in [0.1, 0.15) is 0 Å². The van der Waals surface area contributed by atoms with Gasteiger partial charge in [-0.25, -0.2) is 0 Å². The highest BCUT2D eigenvalue weighted by atomic mass is 16.2. The summed E-state index contributed by atoms with van der Waals surface area (Å²) in [5, 5.41) is 0. The fourth-order valence-corrected chi connectivity index (χ4v) is 1.75. The Morgan fingerprint density at radius 3 is 2.64 bits per heavy atom. The summed E-state index contributed by atoms with van der Waals surface area (Å²) >= 11 is 0. The van der Waals surface area contributed by atoms with Crippen LogP contribution in [0.25, 0.3) is 0 Å². The van der Waals surface area contributed by atoms with Crippen molar-refractivity contribution in [3.8, 4) is 0 Å². The maximum Gasteiger partial charge on any atom is 0.254 e. The van der Waals surface area contributed by atoms with Crippen molar-refractivity contribution in [2.75, 3.05) is 13.6 Å². The van der Waals surface area contributed by atoms with Gasteiger partial charge in [0.2, 0.25) is 0 Å². The summed E-state index contributed by atoms with van der Waals surface area (Å²) in [5.41, 5.74) is 2.05.